The molecule has 1 aromatic rings. The van der Waals surface area contributed by atoms with Gasteiger partial charge in [0.1, 0.15) is 29.6 Å². The third kappa shape index (κ3) is 4.12. The fraction of sp³-hybridized carbons (Fsp3) is 0.400. The van der Waals surface area contributed by atoms with Gasteiger partial charge in [0.25, 0.3) is 0 Å². The average molecular weight is 356 g/mol. The van der Waals surface area contributed by atoms with Crippen molar-refractivity contribution in [2.45, 2.75) is 37.6 Å². The van der Waals surface area contributed by atoms with Crippen molar-refractivity contribution < 1.29 is 49.0 Å². The molecule has 136 valence electrons. The van der Waals surface area contributed by atoms with Crippen molar-refractivity contribution in [2.24, 2.45) is 0 Å². The molecule has 0 unspecified atom stereocenters. The minimum atomic E-state index is -1.91. The fourth-order valence-corrected chi connectivity index (χ4v) is 2.20. The van der Waals surface area contributed by atoms with Gasteiger partial charge in [0.15, 0.2) is 6.10 Å². The van der Waals surface area contributed by atoms with Crippen LogP contribution in [0.2, 0.25) is 0 Å². The third-order valence-electron chi connectivity index (χ3n) is 3.40. The van der Waals surface area contributed by atoms with Crippen molar-refractivity contribution >= 4 is 17.9 Å². The summed E-state index contributed by atoms with van der Waals surface area (Å²) in [5.74, 6) is -3.49. The fourth-order valence-electron chi connectivity index (χ4n) is 2.20. The molecule has 0 aliphatic carbocycles. The molecule has 1 heterocycles. The van der Waals surface area contributed by atoms with Gasteiger partial charge in [-0.2, -0.15) is 0 Å². The number of carbonyl (C=O) groups is 3. The predicted molar refractivity (Wildman–Crippen MR) is 77.5 cm³/mol. The SMILES string of the molecule is CC(=O)Oc1ccccc1C(=O)O[C@@H]1O[C@@H](C(=O)O)[C@@H](O)[C@H](O)[C@@H]1O. The van der Waals surface area contributed by atoms with E-state index in [0.29, 0.717) is 0 Å². The van der Waals surface area contributed by atoms with E-state index in [-0.39, 0.29) is 11.3 Å². The number of para-hydroxylation sites is 1. The molecular formula is C15H16O10. The minimum absolute atomic E-state index is 0.110. The summed E-state index contributed by atoms with van der Waals surface area (Å²) in [5, 5.41) is 38.0. The molecule has 1 aromatic carbocycles. The van der Waals surface area contributed by atoms with Gasteiger partial charge in [-0.05, 0) is 12.1 Å². The molecule has 5 atom stereocenters. The van der Waals surface area contributed by atoms with Crippen molar-refractivity contribution in [3.8, 4) is 5.75 Å². The largest absolute Gasteiger partial charge is 0.479 e. The maximum atomic E-state index is 12.2. The average Bonchev–Trinajstić information content (AvgIpc) is 2.54. The molecule has 0 amide bonds. The van der Waals surface area contributed by atoms with Gasteiger partial charge in [-0.3, -0.25) is 4.79 Å². The second kappa shape index (κ2) is 7.57. The van der Waals surface area contributed by atoms with Gasteiger partial charge in [0.2, 0.25) is 6.29 Å². The maximum absolute atomic E-state index is 12.2. The maximum Gasteiger partial charge on any atom is 0.344 e. The second-order valence-electron chi connectivity index (χ2n) is 5.23. The summed E-state index contributed by atoms with van der Waals surface area (Å²) in [4.78, 5) is 34.3. The normalized spacial score (nSPS) is 28.9. The van der Waals surface area contributed by atoms with Crippen molar-refractivity contribution in [1.82, 2.24) is 0 Å². The second-order valence-corrected chi connectivity index (χ2v) is 5.23. The lowest BCUT2D eigenvalue weighted by atomic mass is 9.99. The first kappa shape index (κ1) is 18.8. The Morgan fingerprint density at radius 1 is 1.04 bits per heavy atom. The van der Waals surface area contributed by atoms with E-state index < -0.39 is 48.6 Å². The molecule has 2 rings (SSSR count). The Labute approximate surface area is 141 Å². The highest BCUT2D eigenvalue weighted by Gasteiger charge is 2.48. The zero-order valence-electron chi connectivity index (χ0n) is 12.9. The molecule has 0 bridgehead atoms. The van der Waals surface area contributed by atoms with E-state index in [9.17, 15) is 29.7 Å². The summed E-state index contributed by atoms with van der Waals surface area (Å²) in [6, 6.07) is 5.56. The third-order valence-corrected chi connectivity index (χ3v) is 3.40. The molecule has 1 aliphatic rings. The number of carboxylic acids is 1. The standard InChI is InChI=1S/C15H16O10/c1-6(16)23-8-5-3-2-4-7(8)14(22)25-15-11(19)9(17)10(18)12(24-15)13(20)21/h2-5,9-12,15,17-19H,1H3,(H,20,21)/t9-,10-,11-,12+,15-/m0/s1. The molecule has 25 heavy (non-hydrogen) atoms. The Balaban J connectivity index is 2.19. The molecule has 1 fully saturated rings. The number of aliphatic carboxylic acids is 1. The van der Waals surface area contributed by atoms with Crippen LogP contribution in [0.4, 0.5) is 0 Å². The number of aliphatic hydroxyl groups excluding tert-OH is 3. The Hall–Kier alpha value is -2.53. The number of aliphatic hydroxyl groups is 3. The number of carbonyl (C=O) groups excluding carboxylic acids is 2. The topological polar surface area (TPSA) is 160 Å². The van der Waals surface area contributed by atoms with E-state index >= 15 is 0 Å². The van der Waals surface area contributed by atoms with E-state index in [1.165, 1.54) is 24.3 Å². The quantitative estimate of drug-likeness (QED) is 0.375. The van der Waals surface area contributed by atoms with Crippen LogP contribution in [0.1, 0.15) is 17.3 Å². The Bertz CT molecular complexity index is 672. The van der Waals surface area contributed by atoms with Crippen molar-refractivity contribution in [1.29, 1.82) is 0 Å². The smallest absolute Gasteiger partial charge is 0.344 e. The van der Waals surface area contributed by atoms with Crippen LogP contribution in [0.25, 0.3) is 0 Å². The number of hydrogen-bond acceptors (Lipinski definition) is 9. The highest BCUT2D eigenvalue weighted by molar-refractivity contribution is 5.93. The summed E-state index contributed by atoms with van der Waals surface area (Å²) < 4.78 is 14.6. The Morgan fingerprint density at radius 3 is 2.28 bits per heavy atom. The molecule has 10 nitrogen and oxygen atoms in total. The van der Waals surface area contributed by atoms with E-state index in [4.69, 9.17) is 19.3 Å². The van der Waals surface area contributed by atoms with Crippen LogP contribution in [0.3, 0.4) is 0 Å². The van der Waals surface area contributed by atoms with Crippen LogP contribution in [0.15, 0.2) is 24.3 Å². The van der Waals surface area contributed by atoms with Gasteiger partial charge in [0, 0.05) is 6.92 Å². The van der Waals surface area contributed by atoms with Crippen LogP contribution in [0.5, 0.6) is 5.75 Å². The van der Waals surface area contributed by atoms with Crippen LogP contribution >= 0.6 is 0 Å². The van der Waals surface area contributed by atoms with Gasteiger partial charge in [-0.1, -0.05) is 12.1 Å². The Morgan fingerprint density at radius 2 is 1.68 bits per heavy atom. The molecule has 0 aromatic heterocycles. The summed E-state index contributed by atoms with van der Waals surface area (Å²) >= 11 is 0. The molecular weight excluding hydrogens is 340 g/mol. The van der Waals surface area contributed by atoms with Crippen LogP contribution in [-0.2, 0) is 19.1 Å². The number of hydrogen-bond donors (Lipinski definition) is 4. The number of carboxylic acid groups (broad SMARTS) is 1. The minimum Gasteiger partial charge on any atom is -0.479 e. The number of ether oxygens (including phenoxy) is 3. The highest BCUT2D eigenvalue weighted by atomic mass is 16.7. The van der Waals surface area contributed by atoms with Gasteiger partial charge < -0.3 is 34.6 Å². The molecule has 4 N–H and O–H groups in total. The lowest BCUT2D eigenvalue weighted by Gasteiger charge is -2.37. The van der Waals surface area contributed by atoms with E-state index in [0.717, 1.165) is 6.92 Å². The van der Waals surface area contributed by atoms with E-state index in [2.05, 4.69) is 0 Å². The number of rotatable bonds is 4. The molecule has 0 saturated carbocycles. The first-order valence-corrected chi connectivity index (χ1v) is 7.13. The van der Waals surface area contributed by atoms with Gasteiger partial charge in [0.05, 0.1) is 0 Å². The van der Waals surface area contributed by atoms with Crippen LogP contribution in [0, 0.1) is 0 Å². The lowest BCUT2D eigenvalue weighted by molar-refractivity contribution is -0.278. The monoisotopic (exact) mass is 356 g/mol. The van der Waals surface area contributed by atoms with Crippen molar-refractivity contribution in [2.75, 3.05) is 0 Å². The predicted octanol–water partition coefficient (Wildman–Crippen LogP) is -1.34. The van der Waals surface area contributed by atoms with Gasteiger partial charge in [-0.25, -0.2) is 9.59 Å². The van der Waals surface area contributed by atoms with Gasteiger partial charge >= 0.3 is 17.9 Å². The lowest BCUT2D eigenvalue weighted by Crippen LogP contribution is -2.60. The summed E-state index contributed by atoms with van der Waals surface area (Å²) in [7, 11) is 0. The van der Waals surface area contributed by atoms with Crippen molar-refractivity contribution in [3.63, 3.8) is 0 Å². The van der Waals surface area contributed by atoms with E-state index in [1.807, 2.05) is 0 Å². The Kier molecular flexibility index (Phi) is 5.69. The first-order valence-electron chi connectivity index (χ1n) is 7.13. The van der Waals surface area contributed by atoms with Crippen molar-refractivity contribution in [3.05, 3.63) is 29.8 Å². The van der Waals surface area contributed by atoms with Crippen LogP contribution < -0.4 is 4.74 Å². The molecule has 1 saturated heterocycles. The molecule has 1 aliphatic heterocycles. The number of esters is 2. The zero-order valence-corrected chi connectivity index (χ0v) is 12.9. The zero-order chi connectivity index (χ0) is 18.7. The summed E-state index contributed by atoms with van der Waals surface area (Å²) in [5.41, 5.74) is -0.180. The molecule has 10 heteroatoms. The summed E-state index contributed by atoms with van der Waals surface area (Å²) in [6.07, 6.45) is -9.44. The molecule has 0 radical (unpaired) electrons. The van der Waals surface area contributed by atoms with Crippen LogP contribution in [-0.4, -0.2) is 69.0 Å². The highest BCUT2D eigenvalue weighted by Crippen LogP contribution is 2.25. The summed E-state index contributed by atoms with van der Waals surface area (Å²) in [6.45, 7) is 1.13. The number of benzene rings is 1. The van der Waals surface area contributed by atoms with Gasteiger partial charge in [-0.15, -0.1) is 0 Å². The van der Waals surface area contributed by atoms with E-state index in [1.54, 1.807) is 0 Å². The molecule has 0 spiro atoms. The first-order chi connectivity index (χ1) is 11.7.